The summed E-state index contributed by atoms with van der Waals surface area (Å²) in [6, 6.07) is 3.63. The van der Waals surface area contributed by atoms with Crippen LogP contribution in [0, 0.1) is 6.92 Å². The minimum atomic E-state index is -1.02. The van der Waals surface area contributed by atoms with Crippen molar-refractivity contribution in [2.24, 2.45) is 0 Å². The van der Waals surface area contributed by atoms with Gasteiger partial charge < -0.3 is 19.9 Å². The van der Waals surface area contributed by atoms with Crippen LogP contribution >= 0.6 is 0 Å². The molecule has 0 saturated heterocycles. The number of rotatable bonds is 5. The topological polar surface area (TPSA) is 67.8 Å². The highest BCUT2D eigenvalue weighted by Gasteiger charge is 2.13. The van der Waals surface area contributed by atoms with Gasteiger partial charge in [0.1, 0.15) is 17.6 Å². The van der Waals surface area contributed by atoms with Crippen molar-refractivity contribution in [3.8, 4) is 11.5 Å². The lowest BCUT2D eigenvalue weighted by atomic mass is 10.1. The van der Waals surface area contributed by atoms with Gasteiger partial charge in [-0.25, -0.2) is 0 Å². The van der Waals surface area contributed by atoms with E-state index in [0.717, 1.165) is 11.1 Å². The summed E-state index contributed by atoms with van der Waals surface area (Å²) in [5, 5.41) is 11.8. The minimum Gasteiger partial charge on any atom is -0.497 e. The Bertz CT molecular complexity index is 429. The molecule has 1 aromatic carbocycles. The molecule has 0 aliphatic rings. The molecule has 0 heterocycles. The van der Waals surface area contributed by atoms with Crippen LogP contribution in [0.1, 0.15) is 18.1 Å². The molecule has 5 heteroatoms. The first-order chi connectivity index (χ1) is 8.49. The minimum absolute atomic E-state index is 0.308. The van der Waals surface area contributed by atoms with Gasteiger partial charge in [0.2, 0.25) is 5.91 Å². The van der Waals surface area contributed by atoms with Crippen LogP contribution in [0.25, 0.3) is 0 Å². The second kappa shape index (κ2) is 6.26. The van der Waals surface area contributed by atoms with Gasteiger partial charge in [-0.05, 0) is 25.5 Å². The average molecular weight is 253 g/mol. The van der Waals surface area contributed by atoms with E-state index in [1.165, 1.54) is 6.92 Å². The second-order valence-corrected chi connectivity index (χ2v) is 4.02. The normalized spacial score (nSPS) is 11.8. The van der Waals surface area contributed by atoms with Gasteiger partial charge in [-0.1, -0.05) is 0 Å². The summed E-state index contributed by atoms with van der Waals surface area (Å²) in [5.74, 6) is 0.944. The molecule has 1 atom stereocenters. The summed E-state index contributed by atoms with van der Waals surface area (Å²) >= 11 is 0. The number of benzene rings is 1. The molecule has 1 rings (SSSR count). The van der Waals surface area contributed by atoms with Crippen LogP contribution in [-0.4, -0.2) is 31.3 Å². The summed E-state index contributed by atoms with van der Waals surface area (Å²) in [6.45, 7) is 3.64. The van der Waals surface area contributed by atoms with Crippen LogP contribution in [0.5, 0.6) is 11.5 Å². The van der Waals surface area contributed by atoms with E-state index in [1.807, 2.05) is 13.0 Å². The van der Waals surface area contributed by atoms with E-state index < -0.39 is 12.0 Å². The van der Waals surface area contributed by atoms with Crippen molar-refractivity contribution in [1.82, 2.24) is 5.32 Å². The molecular weight excluding hydrogens is 234 g/mol. The van der Waals surface area contributed by atoms with E-state index in [1.54, 1.807) is 20.3 Å². The van der Waals surface area contributed by atoms with Gasteiger partial charge in [-0.3, -0.25) is 4.79 Å². The molecule has 1 aromatic rings. The van der Waals surface area contributed by atoms with Crippen molar-refractivity contribution in [3.05, 3.63) is 23.3 Å². The van der Waals surface area contributed by atoms with Crippen LogP contribution in [0.4, 0.5) is 0 Å². The number of nitrogens with one attached hydrogen (secondary N) is 1. The number of carbonyl (C=O) groups is 1. The lowest BCUT2D eigenvalue weighted by Gasteiger charge is -2.15. The Morgan fingerprint density at radius 2 is 2.06 bits per heavy atom. The molecule has 0 radical (unpaired) electrons. The fourth-order valence-corrected chi connectivity index (χ4v) is 1.60. The van der Waals surface area contributed by atoms with E-state index in [2.05, 4.69) is 5.32 Å². The lowest BCUT2D eigenvalue weighted by Crippen LogP contribution is -2.32. The Labute approximate surface area is 107 Å². The summed E-state index contributed by atoms with van der Waals surface area (Å²) in [6.07, 6.45) is -1.02. The SMILES string of the molecule is COc1cc(C)c(CNC(=O)C(C)O)c(OC)c1. The van der Waals surface area contributed by atoms with E-state index in [-0.39, 0.29) is 0 Å². The zero-order valence-corrected chi connectivity index (χ0v) is 11.1. The number of carbonyl (C=O) groups excluding carboxylic acids is 1. The van der Waals surface area contributed by atoms with Crippen LogP contribution in [-0.2, 0) is 11.3 Å². The van der Waals surface area contributed by atoms with Gasteiger partial charge in [0, 0.05) is 18.2 Å². The molecule has 0 spiro atoms. The number of aliphatic hydroxyl groups is 1. The van der Waals surface area contributed by atoms with Crippen LogP contribution in [0.15, 0.2) is 12.1 Å². The molecule has 1 amide bonds. The molecular formula is C13H19NO4. The Morgan fingerprint density at radius 3 is 2.56 bits per heavy atom. The molecule has 5 nitrogen and oxygen atoms in total. The molecule has 100 valence electrons. The van der Waals surface area contributed by atoms with Crippen molar-refractivity contribution >= 4 is 5.91 Å². The standard InChI is InChI=1S/C13H19NO4/c1-8-5-10(17-3)6-12(18-4)11(8)7-14-13(16)9(2)15/h5-6,9,15H,7H2,1-4H3,(H,14,16). The Morgan fingerprint density at radius 1 is 1.39 bits per heavy atom. The average Bonchev–Trinajstić information content (AvgIpc) is 2.35. The van der Waals surface area contributed by atoms with E-state index in [4.69, 9.17) is 14.6 Å². The van der Waals surface area contributed by atoms with E-state index in [9.17, 15) is 4.79 Å². The fourth-order valence-electron chi connectivity index (χ4n) is 1.60. The zero-order chi connectivity index (χ0) is 13.7. The number of amides is 1. The molecule has 18 heavy (non-hydrogen) atoms. The zero-order valence-electron chi connectivity index (χ0n) is 11.1. The second-order valence-electron chi connectivity index (χ2n) is 4.02. The van der Waals surface area contributed by atoms with Gasteiger partial charge in [0.15, 0.2) is 0 Å². The van der Waals surface area contributed by atoms with Crippen LogP contribution < -0.4 is 14.8 Å². The highest BCUT2D eigenvalue weighted by Crippen LogP contribution is 2.28. The van der Waals surface area contributed by atoms with Gasteiger partial charge in [-0.2, -0.15) is 0 Å². The summed E-state index contributed by atoms with van der Waals surface area (Å²) in [7, 11) is 3.15. The first-order valence-corrected chi connectivity index (χ1v) is 5.66. The van der Waals surface area contributed by atoms with Crippen molar-refractivity contribution in [2.75, 3.05) is 14.2 Å². The van der Waals surface area contributed by atoms with Crippen molar-refractivity contribution < 1.29 is 19.4 Å². The fraction of sp³-hybridized carbons (Fsp3) is 0.462. The highest BCUT2D eigenvalue weighted by atomic mass is 16.5. The van der Waals surface area contributed by atoms with Gasteiger partial charge >= 0.3 is 0 Å². The Hall–Kier alpha value is -1.75. The first-order valence-electron chi connectivity index (χ1n) is 5.66. The quantitative estimate of drug-likeness (QED) is 0.821. The maximum absolute atomic E-state index is 11.3. The van der Waals surface area contributed by atoms with Gasteiger partial charge in [-0.15, -0.1) is 0 Å². The number of hydrogen-bond donors (Lipinski definition) is 2. The number of hydrogen-bond acceptors (Lipinski definition) is 4. The third-order valence-electron chi connectivity index (χ3n) is 2.68. The first kappa shape index (κ1) is 14.3. The monoisotopic (exact) mass is 253 g/mol. The summed E-state index contributed by atoms with van der Waals surface area (Å²) in [4.78, 5) is 11.3. The number of aryl methyl sites for hydroxylation is 1. The maximum atomic E-state index is 11.3. The van der Waals surface area contributed by atoms with E-state index >= 15 is 0 Å². The number of aliphatic hydroxyl groups excluding tert-OH is 1. The predicted octanol–water partition coefficient (Wildman–Crippen LogP) is 1.01. The maximum Gasteiger partial charge on any atom is 0.248 e. The highest BCUT2D eigenvalue weighted by molar-refractivity contribution is 5.80. The van der Waals surface area contributed by atoms with E-state index in [0.29, 0.717) is 18.0 Å². The Balaban J connectivity index is 2.91. The molecule has 0 aliphatic carbocycles. The van der Waals surface area contributed by atoms with Crippen LogP contribution in [0.3, 0.4) is 0 Å². The summed E-state index contributed by atoms with van der Waals surface area (Å²) < 4.78 is 10.4. The molecule has 0 saturated carbocycles. The molecule has 2 N–H and O–H groups in total. The smallest absolute Gasteiger partial charge is 0.248 e. The largest absolute Gasteiger partial charge is 0.497 e. The third kappa shape index (κ3) is 3.37. The third-order valence-corrected chi connectivity index (χ3v) is 2.68. The van der Waals surface area contributed by atoms with Crippen molar-refractivity contribution in [3.63, 3.8) is 0 Å². The summed E-state index contributed by atoms with van der Waals surface area (Å²) in [5.41, 5.74) is 1.82. The molecule has 0 bridgehead atoms. The number of ether oxygens (including phenoxy) is 2. The molecule has 0 aliphatic heterocycles. The number of methoxy groups -OCH3 is 2. The Kier molecular flexibility index (Phi) is 4.97. The lowest BCUT2D eigenvalue weighted by molar-refractivity contribution is -0.128. The molecule has 1 unspecified atom stereocenters. The van der Waals surface area contributed by atoms with Gasteiger partial charge in [0.05, 0.1) is 14.2 Å². The van der Waals surface area contributed by atoms with Crippen LogP contribution in [0.2, 0.25) is 0 Å². The van der Waals surface area contributed by atoms with Crippen molar-refractivity contribution in [2.45, 2.75) is 26.5 Å². The van der Waals surface area contributed by atoms with Gasteiger partial charge in [0.25, 0.3) is 0 Å². The molecule has 0 aromatic heterocycles. The van der Waals surface area contributed by atoms with Crippen molar-refractivity contribution in [1.29, 1.82) is 0 Å². The molecule has 0 fully saturated rings. The predicted molar refractivity (Wildman–Crippen MR) is 67.8 cm³/mol.